The van der Waals surface area contributed by atoms with Gasteiger partial charge in [0.2, 0.25) is 0 Å². The average Bonchev–Trinajstić information content (AvgIpc) is 2.58. The summed E-state index contributed by atoms with van der Waals surface area (Å²) in [7, 11) is 0. The second-order valence-electron chi connectivity index (χ2n) is 5.01. The van der Waals surface area contributed by atoms with E-state index in [4.69, 9.17) is 4.74 Å². The van der Waals surface area contributed by atoms with E-state index in [1.54, 1.807) is 6.20 Å². The van der Waals surface area contributed by atoms with E-state index < -0.39 is 0 Å². The highest BCUT2D eigenvalue weighted by Crippen LogP contribution is 2.18. The molecule has 0 N–H and O–H groups in total. The molecule has 0 amide bonds. The summed E-state index contributed by atoms with van der Waals surface area (Å²) in [5.41, 5.74) is 2.20. The summed E-state index contributed by atoms with van der Waals surface area (Å²) in [5.74, 6) is 0.865. The molecule has 0 unspecified atom stereocenters. The molecule has 3 heteroatoms. The van der Waals surface area contributed by atoms with Crippen molar-refractivity contribution in [3.63, 3.8) is 0 Å². The number of hydrogen-bond donors (Lipinski definition) is 0. The fourth-order valence-corrected chi connectivity index (χ4v) is 2.05. The van der Waals surface area contributed by atoms with E-state index in [9.17, 15) is 5.26 Å². The van der Waals surface area contributed by atoms with Crippen molar-refractivity contribution >= 4 is 11.6 Å². The van der Waals surface area contributed by atoms with E-state index in [1.807, 2.05) is 48.5 Å². The van der Waals surface area contributed by atoms with Crippen molar-refractivity contribution in [2.24, 2.45) is 0 Å². The summed E-state index contributed by atoms with van der Waals surface area (Å²) in [6, 6.07) is 15.5. The molecule has 0 saturated heterocycles. The van der Waals surface area contributed by atoms with Crippen LogP contribution in [0.1, 0.15) is 37.4 Å². The topological polar surface area (TPSA) is 45.9 Å². The first-order chi connectivity index (χ1) is 10.8. The Labute approximate surface area is 131 Å². The number of ether oxygens (including phenoxy) is 1. The van der Waals surface area contributed by atoms with Gasteiger partial charge in [0.25, 0.3) is 0 Å². The second kappa shape index (κ2) is 8.63. The van der Waals surface area contributed by atoms with E-state index in [2.05, 4.69) is 18.0 Å². The molecule has 0 spiro atoms. The van der Waals surface area contributed by atoms with Gasteiger partial charge < -0.3 is 4.74 Å². The van der Waals surface area contributed by atoms with Gasteiger partial charge in [0.05, 0.1) is 17.9 Å². The van der Waals surface area contributed by atoms with Gasteiger partial charge in [-0.2, -0.15) is 5.26 Å². The number of aromatic nitrogens is 1. The van der Waals surface area contributed by atoms with Crippen LogP contribution in [0.15, 0.2) is 48.7 Å². The van der Waals surface area contributed by atoms with E-state index in [-0.39, 0.29) is 0 Å². The van der Waals surface area contributed by atoms with Crippen LogP contribution >= 0.6 is 0 Å². The summed E-state index contributed by atoms with van der Waals surface area (Å²) in [6.07, 6.45) is 6.99. The Bertz CT molecular complexity index is 639. The van der Waals surface area contributed by atoms with Crippen molar-refractivity contribution < 1.29 is 4.74 Å². The standard InChI is InChI=1S/C19H20N2O/c1-2-3-6-13-22-18-10-8-16(9-11-18)14-17(15-20)19-7-4-5-12-21-19/h4-5,7-12,14H,2-3,6,13H2,1H3/b17-14-. The third-order valence-electron chi connectivity index (χ3n) is 3.27. The van der Waals surface area contributed by atoms with Crippen LogP contribution in [0.3, 0.4) is 0 Å². The molecule has 0 fully saturated rings. The van der Waals surface area contributed by atoms with Crippen molar-refractivity contribution in [3.8, 4) is 11.8 Å². The van der Waals surface area contributed by atoms with Gasteiger partial charge in [0, 0.05) is 6.20 Å². The first-order valence-corrected chi connectivity index (χ1v) is 7.59. The number of allylic oxidation sites excluding steroid dienone is 1. The predicted octanol–water partition coefficient (Wildman–Crippen LogP) is 4.71. The van der Waals surface area contributed by atoms with Crippen molar-refractivity contribution in [1.29, 1.82) is 5.26 Å². The molecule has 112 valence electrons. The molecule has 0 saturated carbocycles. The summed E-state index contributed by atoms with van der Waals surface area (Å²) in [4.78, 5) is 4.21. The van der Waals surface area contributed by atoms with Crippen molar-refractivity contribution in [3.05, 3.63) is 59.9 Å². The maximum atomic E-state index is 9.28. The van der Waals surface area contributed by atoms with Gasteiger partial charge in [-0.25, -0.2) is 0 Å². The third-order valence-corrected chi connectivity index (χ3v) is 3.27. The molecule has 1 heterocycles. The predicted molar refractivity (Wildman–Crippen MR) is 89.2 cm³/mol. The fraction of sp³-hybridized carbons (Fsp3) is 0.263. The van der Waals surface area contributed by atoms with Crippen LogP contribution in [0.25, 0.3) is 11.6 Å². The minimum Gasteiger partial charge on any atom is -0.494 e. The van der Waals surface area contributed by atoms with Crippen LogP contribution in [0, 0.1) is 11.3 Å². The molecule has 1 aromatic carbocycles. The van der Waals surface area contributed by atoms with Gasteiger partial charge in [-0.05, 0) is 42.3 Å². The van der Waals surface area contributed by atoms with E-state index in [0.29, 0.717) is 11.3 Å². The molecule has 3 nitrogen and oxygen atoms in total. The Kier molecular flexibility index (Phi) is 6.19. The van der Waals surface area contributed by atoms with Gasteiger partial charge in [-0.3, -0.25) is 4.98 Å². The first-order valence-electron chi connectivity index (χ1n) is 7.59. The second-order valence-corrected chi connectivity index (χ2v) is 5.01. The highest BCUT2D eigenvalue weighted by molar-refractivity contribution is 5.88. The fourth-order valence-electron chi connectivity index (χ4n) is 2.05. The van der Waals surface area contributed by atoms with E-state index in [1.165, 1.54) is 12.8 Å². The number of benzene rings is 1. The van der Waals surface area contributed by atoms with Gasteiger partial charge in [0.15, 0.2) is 0 Å². The van der Waals surface area contributed by atoms with Crippen molar-refractivity contribution in [2.75, 3.05) is 6.61 Å². The molecule has 0 aliphatic heterocycles. The Morgan fingerprint density at radius 2 is 2.00 bits per heavy atom. The average molecular weight is 292 g/mol. The van der Waals surface area contributed by atoms with Crippen LogP contribution in [0.2, 0.25) is 0 Å². The monoisotopic (exact) mass is 292 g/mol. The highest BCUT2D eigenvalue weighted by Gasteiger charge is 2.02. The lowest BCUT2D eigenvalue weighted by atomic mass is 10.1. The zero-order chi connectivity index (χ0) is 15.6. The molecule has 22 heavy (non-hydrogen) atoms. The minimum atomic E-state index is 0.553. The number of pyridine rings is 1. The number of nitrogens with zero attached hydrogens (tertiary/aromatic N) is 2. The summed E-state index contributed by atoms with van der Waals surface area (Å²) < 4.78 is 5.68. The van der Waals surface area contributed by atoms with Gasteiger partial charge >= 0.3 is 0 Å². The zero-order valence-electron chi connectivity index (χ0n) is 12.8. The first kappa shape index (κ1) is 15.8. The lowest BCUT2D eigenvalue weighted by Crippen LogP contribution is -1.96. The lowest BCUT2D eigenvalue weighted by Gasteiger charge is -2.06. The van der Waals surface area contributed by atoms with Gasteiger partial charge in [-0.15, -0.1) is 0 Å². The Morgan fingerprint density at radius 3 is 2.64 bits per heavy atom. The maximum Gasteiger partial charge on any atom is 0.119 e. The smallest absolute Gasteiger partial charge is 0.119 e. The Morgan fingerprint density at radius 1 is 1.18 bits per heavy atom. The number of rotatable bonds is 7. The molecule has 2 aromatic rings. The summed E-state index contributed by atoms with van der Waals surface area (Å²) >= 11 is 0. The largest absolute Gasteiger partial charge is 0.494 e. The van der Waals surface area contributed by atoms with Gasteiger partial charge in [0.1, 0.15) is 11.8 Å². The Balaban J connectivity index is 2.03. The number of hydrogen-bond acceptors (Lipinski definition) is 3. The summed E-state index contributed by atoms with van der Waals surface area (Å²) in [5, 5.41) is 9.28. The summed E-state index contributed by atoms with van der Waals surface area (Å²) in [6.45, 7) is 2.93. The van der Waals surface area contributed by atoms with Crippen molar-refractivity contribution in [1.82, 2.24) is 4.98 Å². The molecular formula is C19H20N2O. The SMILES string of the molecule is CCCCCOc1ccc(/C=C(/C#N)c2ccccn2)cc1. The van der Waals surface area contributed by atoms with Crippen LogP contribution in [-0.4, -0.2) is 11.6 Å². The number of nitriles is 1. The third kappa shape index (κ3) is 4.75. The number of unbranched alkanes of at least 4 members (excludes halogenated alkanes) is 2. The molecule has 0 aliphatic rings. The Hall–Kier alpha value is -2.60. The highest BCUT2D eigenvalue weighted by atomic mass is 16.5. The van der Waals surface area contributed by atoms with E-state index >= 15 is 0 Å². The molecule has 2 rings (SSSR count). The molecular weight excluding hydrogens is 272 g/mol. The molecule has 0 bridgehead atoms. The van der Waals surface area contributed by atoms with Crippen LogP contribution < -0.4 is 4.74 Å². The quantitative estimate of drug-likeness (QED) is 0.548. The molecule has 1 aromatic heterocycles. The lowest BCUT2D eigenvalue weighted by molar-refractivity contribution is 0.306. The van der Waals surface area contributed by atoms with E-state index in [0.717, 1.165) is 24.3 Å². The van der Waals surface area contributed by atoms with Crippen LogP contribution in [0.5, 0.6) is 5.75 Å². The maximum absolute atomic E-state index is 9.28. The zero-order valence-corrected chi connectivity index (χ0v) is 12.8. The molecule has 0 aliphatic carbocycles. The van der Waals surface area contributed by atoms with Crippen LogP contribution in [0.4, 0.5) is 0 Å². The minimum absolute atomic E-state index is 0.553. The molecule has 0 atom stereocenters. The van der Waals surface area contributed by atoms with Gasteiger partial charge in [-0.1, -0.05) is 38.0 Å². The normalized spacial score (nSPS) is 11.0. The van der Waals surface area contributed by atoms with Crippen LogP contribution in [-0.2, 0) is 0 Å². The van der Waals surface area contributed by atoms with Crippen molar-refractivity contribution in [2.45, 2.75) is 26.2 Å². The molecule has 0 radical (unpaired) electrons.